The van der Waals surface area contributed by atoms with Gasteiger partial charge in [-0.2, -0.15) is 0 Å². The van der Waals surface area contributed by atoms with Gasteiger partial charge < -0.3 is 20.0 Å². The minimum Gasteiger partial charge on any atom is -0.545 e. The van der Waals surface area contributed by atoms with Gasteiger partial charge in [-0.3, -0.25) is 0 Å². The number of anilines is 1. The van der Waals surface area contributed by atoms with E-state index < -0.39 is 5.97 Å². The van der Waals surface area contributed by atoms with Crippen LogP contribution < -0.4 is 10.4 Å². The normalized spacial score (nSPS) is 22.5. The average Bonchev–Trinajstić information content (AvgIpc) is 3.17. The molecule has 3 atom stereocenters. The fourth-order valence-electron chi connectivity index (χ4n) is 4.16. The van der Waals surface area contributed by atoms with Gasteiger partial charge >= 0.3 is 5.97 Å². The number of para-hydroxylation sites is 1. The highest BCUT2D eigenvalue weighted by molar-refractivity contribution is 5.97. The molecule has 1 aliphatic carbocycles. The second kappa shape index (κ2) is 6.91. The SMILES string of the molecule is CCOC(=O)c1cccc2c1N[C@H](c1ccc(C(=O)[O-])cc1)[C@@H]1CC=C[C@@H]21. The van der Waals surface area contributed by atoms with E-state index in [9.17, 15) is 14.7 Å². The molecule has 2 aliphatic rings. The van der Waals surface area contributed by atoms with Gasteiger partial charge in [-0.25, -0.2) is 4.79 Å². The number of carboxylic acids is 1. The molecule has 0 radical (unpaired) electrons. The van der Waals surface area contributed by atoms with Crippen LogP contribution in [0.4, 0.5) is 5.69 Å². The van der Waals surface area contributed by atoms with Gasteiger partial charge in [0.05, 0.1) is 29.9 Å². The first-order valence-corrected chi connectivity index (χ1v) is 9.14. The van der Waals surface area contributed by atoms with Crippen molar-refractivity contribution >= 4 is 17.6 Å². The second-order valence-corrected chi connectivity index (χ2v) is 6.88. The molecule has 5 nitrogen and oxygen atoms in total. The molecule has 0 saturated heterocycles. The molecule has 0 bridgehead atoms. The zero-order valence-corrected chi connectivity index (χ0v) is 15.0. The summed E-state index contributed by atoms with van der Waals surface area (Å²) in [7, 11) is 0. The molecule has 1 N–H and O–H groups in total. The molecule has 27 heavy (non-hydrogen) atoms. The Morgan fingerprint density at radius 1 is 1.19 bits per heavy atom. The summed E-state index contributed by atoms with van der Waals surface area (Å²) in [6.45, 7) is 2.11. The number of hydrogen-bond acceptors (Lipinski definition) is 5. The molecule has 4 rings (SSSR count). The number of ether oxygens (including phenoxy) is 1. The fraction of sp³-hybridized carbons (Fsp3) is 0.273. The summed E-state index contributed by atoms with van der Waals surface area (Å²) in [5.41, 5.74) is 3.58. The van der Waals surface area contributed by atoms with Gasteiger partial charge in [0.2, 0.25) is 0 Å². The third kappa shape index (κ3) is 2.99. The Bertz CT molecular complexity index is 916. The van der Waals surface area contributed by atoms with Crippen molar-refractivity contribution < 1.29 is 19.4 Å². The van der Waals surface area contributed by atoms with Crippen molar-refractivity contribution in [1.29, 1.82) is 0 Å². The highest BCUT2D eigenvalue weighted by atomic mass is 16.5. The second-order valence-electron chi connectivity index (χ2n) is 6.88. The molecule has 1 heterocycles. The van der Waals surface area contributed by atoms with Crippen LogP contribution in [-0.4, -0.2) is 18.5 Å². The molecule has 0 fully saturated rings. The summed E-state index contributed by atoms with van der Waals surface area (Å²) < 4.78 is 5.22. The summed E-state index contributed by atoms with van der Waals surface area (Å²) in [6, 6.07) is 12.5. The van der Waals surface area contributed by atoms with Crippen molar-refractivity contribution in [2.24, 2.45) is 5.92 Å². The number of hydrogen-bond donors (Lipinski definition) is 1. The predicted molar refractivity (Wildman–Crippen MR) is 99.5 cm³/mol. The Morgan fingerprint density at radius 3 is 2.67 bits per heavy atom. The summed E-state index contributed by atoms with van der Waals surface area (Å²) in [6.07, 6.45) is 5.29. The lowest BCUT2D eigenvalue weighted by molar-refractivity contribution is -0.255. The smallest absolute Gasteiger partial charge is 0.340 e. The minimum atomic E-state index is -1.19. The third-order valence-corrected chi connectivity index (χ3v) is 5.40. The lowest BCUT2D eigenvalue weighted by Crippen LogP contribution is -2.30. The highest BCUT2D eigenvalue weighted by Gasteiger charge is 2.39. The van der Waals surface area contributed by atoms with Crippen LogP contribution in [0.15, 0.2) is 54.6 Å². The van der Waals surface area contributed by atoms with E-state index in [0.29, 0.717) is 18.1 Å². The molecule has 138 valence electrons. The summed E-state index contributed by atoms with van der Waals surface area (Å²) in [5.74, 6) is -1.01. The molecule has 0 saturated carbocycles. The number of carbonyl (C=O) groups is 2. The van der Waals surface area contributed by atoms with Crippen LogP contribution in [0.1, 0.15) is 57.1 Å². The number of fused-ring (bicyclic) bond motifs is 3. The average molecular weight is 362 g/mol. The minimum absolute atomic E-state index is 0.0242. The predicted octanol–water partition coefficient (Wildman–Crippen LogP) is 3.05. The van der Waals surface area contributed by atoms with Gasteiger partial charge in [-0.15, -0.1) is 0 Å². The van der Waals surface area contributed by atoms with Gasteiger partial charge in [-0.1, -0.05) is 48.6 Å². The Morgan fingerprint density at radius 2 is 1.96 bits per heavy atom. The number of benzene rings is 2. The van der Waals surface area contributed by atoms with Crippen molar-refractivity contribution in [2.75, 3.05) is 11.9 Å². The third-order valence-electron chi connectivity index (χ3n) is 5.40. The van der Waals surface area contributed by atoms with Gasteiger partial charge in [0, 0.05) is 5.92 Å². The van der Waals surface area contributed by atoms with Crippen molar-refractivity contribution in [3.05, 3.63) is 76.9 Å². The monoisotopic (exact) mass is 362 g/mol. The molecule has 2 aromatic rings. The van der Waals surface area contributed by atoms with Crippen LogP contribution in [0.5, 0.6) is 0 Å². The quantitative estimate of drug-likeness (QED) is 0.668. The number of carbonyl (C=O) groups excluding carboxylic acids is 2. The van der Waals surface area contributed by atoms with E-state index in [4.69, 9.17) is 4.74 Å². The van der Waals surface area contributed by atoms with E-state index in [1.165, 1.54) is 0 Å². The largest absolute Gasteiger partial charge is 0.545 e. The number of rotatable bonds is 4. The molecular formula is C22H20NO4-. The summed E-state index contributed by atoms with van der Waals surface area (Å²) in [5, 5.41) is 14.6. The van der Waals surface area contributed by atoms with Crippen molar-refractivity contribution in [3.63, 3.8) is 0 Å². The summed E-state index contributed by atoms with van der Waals surface area (Å²) >= 11 is 0. The molecule has 0 amide bonds. The molecule has 0 spiro atoms. The molecular weight excluding hydrogens is 342 g/mol. The van der Waals surface area contributed by atoms with Crippen LogP contribution in [0.3, 0.4) is 0 Å². The van der Waals surface area contributed by atoms with E-state index in [-0.39, 0.29) is 23.5 Å². The van der Waals surface area contributed by atoms with E-state index >= 15 is 0 Å². The van der Waals surface area contributed by atoms with E-state index in [2.05, 4.69) is 17.5 Å². The number of nitrogens with one attached hydrogen (secondary N) is 1. The van der Waals surface area contributed by atoms with Crippen LogP contribution in [0, 0.1) is 5.92 Å². The lowest BCUT2D eigenvalue weighted by Gasteiger charge is -2.38. The Labute approximate surface area is 157 Å². The van der Waals surface area contributed by atoms with E-state index in [1.807, 2.05) is 24.3 Å². The number of allylic oxidation sites excluding steroid dienone is 2. The van der Waals surface area contributed by atoms with Gasteiger partial charge in [0.1, 0.15) is 0 Å². The highest BCUT2D eigenvalue weighted by Crippen LogP contribution is 2.50. The molecule has 2 aromatic carbocycles. The van der Waals surface area contributed by atoms with Crippen molar-refractivity contribution in [3.8, 4) is 0 Å². The van der Waals surface area contributed by atoms with Gasteiger partial charge in [0.25, 0.3) is 0 Å². The number of aromatic carboxylic acids is 1. The standard InChI is InChI=1S/C22H21NO4/c1-2-27-22(26)18-8-4-7-17-15-5-3-6-16(15)19(23-20(17)18)13-9-11-14(12-10-13)21(24)25/h3-5,7-12,15-16,19,23H,2,6H2,1H3,(H,24,25)/p-1/t15-,16-,19-/m1/s1. The van der Waals surface area contributed by atoms with Crippen LogP contribution in [-0.2, 0) is 4.74 Å². The van der Waals surface area contributed by atoms with Crippen LogP contribution >= 0.6 is 0 Å². The first-order valence-electron chi connectivity index (χ1n) is 9.14. The van der Waals surface area contributed by atoms with Crippen molar-refractivity contribution in [1.82, 2.24) is 0 Å². The first kappa shape index (κ1) is 17.3. The van der Waals surface area contributed by atoms with Crippen LogP contribution in [0.25, 0.3) is 0 Å². The molecule has 0 aromatic heterocycles. The number of carboxylic acid groups (broad SMARTS) is 1. The maximum Gasteiger partial charge on any atom is 0.340 e. The fourth-order valence-corrected chi connectivity index (χ4v) is 4.16. The van der Waals surface area contributed by atoms with Crippen molar-refractivity contribution in [2.45, 2.75) is 25.3 Å². The van der Waals surface area contributed by atoms with Crippen LogP contribution in [0.2, 0.25) is 0 Å². The zero-order chi connectivity index (χ0) is 19.0. The first-order chi connectivity index (χ1) is 13.1. The maximum atomic E-state index is 12.4. The zero-order valence-electron chi connectivity index (χ0n) is 15.0. The van der Waals surface area contributed by atoms with E-state index in [1.54, 1.807) is 25.1 Å². The lowest BCUT2D eigenvalue weighted by atomic mass is 9.76. The van der Waals surface area contributed by atoms with Gasteiger partial charge in [-0.05, 0) is 42.0 Å². The molecule has 5 heteroatoms. The maximum absolute atomic E-state index is 12.4. The number of esters is 1. The Balaban J connectivity index is 1.75. The van der Waals surface area contributed by atoms with Gasteiger partial charge in [0.15, 0.2) is 0 Å². The summed E-state index contributed by atoms with van der Waals surface area (Å²) in [4.78, 5) is 23.4. The van der Waals surface area contributed by atoms with E-state index in [0.717, 1.165) is 23.2 Å². The Kier molecular flexibility index (Phi) is 4.44. The molecule has 0 unspecified atom stereocenters. The topological polar surface area (TPSA) is 78.5 Å². The molecule has 1 aliphatic heterocycles. The Hall–Kier alpha value is -3.08.